The topological polar surface area (TPSA) is 55.8 Å². The maximum absolute atomic E-state index is 10.8. The van der Waals surface area contributed by atoms with Crippen LogP contribution in [0, 0.1) is 0 Å². The molecule has 0 rings (SSSR count). The van der Waals surface area contributed by atoms with E-state index in [4.69, 9.17) is 14.6 Å². The molecule has 0 aromatic heterocycles. The van der Waals surface area contributed by atoms with Crippen LogP contribution in [0.15, 0.2) is 24.3 Å². The zero-order valence-corrected chi connectivity index (χ0v) is 9.89. The summed E-state index contributed by atoms with van der Waals surface area (Å²) in [4.78, 5) is 10.8. The van der Waals surface area contributed by atoms with E-state index in [9.17, 15) is 4.79 Å². The highest BCUT2D eigenvalue weighted by molar-refractivity contribution is 5.70. The molecule has 0 spiro atoms. The lowest BCUT2D eigenvalue weighted by Gasteiger charge is -2.01. The third-order valence-electron chi connectivity index (χ3n) is 1.59. The number of carbonyl (C=O) groups is 1. The third-order valence-corrected chi connectivity index (χ3v) is 1.59. The van der Waals surface area contributed by atoms with Gasteiger partial charge in [0, 0.05) is 0 Å². The zero-order chi connectivity index (χ0) is 12.2. The van der Waals surface area contributed by atoms with Crippen LogP contribution in [-0.4, -0.2) is 37.0 Å². The van der Waals surface area contributed by atoms with Crippen molar-refractivity contribution in [2.45, 2.75) is 26.4 Å². The summed E-state index contributed by atoms with van der Waals surface area (Å²) >= 11 is 0. The number of esters is 1. The summed E-state index contributed by atoms with van der Waals surface area (Å²) in [6.07, 6.45) is 7.49. The van der Waals surface area contributed by atoms with Gasteiger partial charge in [-0.15, -0.1) is 0 Å². The standard InChI is InChI=1S/C12H20O4/c1-3-16-12(14)10-15-9-7-5-4-6-8-11(2)13/h4-6,8,11,13H,3,7,9-10H2,1-2H3/b5-4+,8-6+/t11-/m1/s1. The van der Waals surface area contributed by atoms with Gasteiger partial charge in [-0.3, -0.25) is 0 Å². The van der Waals surface area contributed by atoms with Crippen molar-refractivity contribution in [3.05, 3.63) is 24.3 Å². The molecule has 0 radical (unpaired) electrons. The van der Waals surface area contributed by atoms with E-state index in [2.05, 4.69) is 0 Å². The number of carbonyl (C=O) groups excluding carboxylic acids is 1. The Morgan fingerprint density at radius 3 is 2.81 bits per heavy atom. The lowest BCUT2D eigenvalue weighted by molar-refractivity contribution is -0.148. The Kier molecular flexibility index (Phi) is 9.66. The van der Waals surface area contributed by atoms with Gasteiger partial charge in [0.05, 0.1) is 19.3 Å². The number of ether oxygens (including phenoxy) is 2. The number of aliphatic hydroxyl groups excluding tert-OH is 1. The molecule has 0 saturated heterocycles. The minimum Gasteiger partial charge on any atom is -0.464 e. The van der Waals surface area contributed by atoms with Crippen LogP contribution in [0.5, 0.6) is 0 Å². The molecule has 16 heavy (non-hydrogen) atoms. The minimum absolute atomic E-state index is 0.00515. The molecule has 0 heterocycles. The van der Waals surface area contributed by atoms with Gasteiger partial charge in [0.1, 0.15) is 6.61 Å². The Morgan fingerprint density at radius 1 is 1.44 bits per heavy atom. The van der Waals surface area contributed by atoms with Crippen molar-refractivity contribution >= 4 is 5.97 Å². The Hall–Kier alpha value is -1.13. The third kappa shape index (κ3) is 10.9. The summed E-state index contributed by atoms with van der Waals surface area (Å²) in [5.41, 5.74) is 0. The maximum Gasteiger partial charge on any atom is 0.332 e. The SMILES string of the molecule is CCOC(=O)COCC/C=C/C=C/[C@@H](C)O. The molecule has 0 aliphatic heterocycles. The van der Waals surface area contributed by atoms with Crippen molar-refractivity contribution in [2.24, 2.45) is 0 Å². The lowest BCUT2D eigenvalue weighted by atomic mass is 10.3. The second kappa shape index (κ2) is 10.4. The number of rotatable bonds is 8. The molecule has 4 nitrogen and oxygen atoms in total. The Bertz CT molecular complexity index is 231. The van der Waals surface area contributed by atoms with Crippen LogP contribution in [0.1, 0.15) is 20.3 Å². The van der Waals surface area contributed by atoms with E-state index in [1.165, 1.54) is 0 Å². The number of hydrogen-bond acceptors (Lipinski definition) is 4. The Morgan fingerprint density at radius 2 is 2.19 bits per heavy atom. The molecular formula is C12H20O4. The maximum atomic E-state index is 10.8. The summed E-state index contributed by atoms with van der Waals surface area (Å²) in [6.45, 7) is 4.32. The van der Waals surface area contributed by atoms with Gasteiger partial charge in [0.25, 0.3) is 0 Å². The first kappa shape index (κ1) is 14.9. The molecule has 0 aliphatic carbocycles. The number of allylic oxidation sites excluding steroid dienone is 2. The van der Waals surface area contributed by atoms with Crippen LogP contribution in [0.25, 0.3) is 0 Å². The van der Waals surface area contributed by atoms with Gasteiger partial charge in [-0.05, 0) is 20.3 Å². The molecule has 4 heteroatoms. The molecule has 0 unspecified atom stereocenters. The predicted octanol–water partition coefficient (Wildman–Crippen LogP) is 1.45. The van der Waals surface area contributed by atoms with Crippen molar-refractivity contribution in [1.82, 2.24) is 0 Å². The molecule has 0 fully saturated rings. The first-order chi connectivity index (χ1) is 7.66. The molecule has 1 N–H and O–H groups in total. The summed E-state index contributed by atoms with van der Waals surface area (Å²) in [5, 5.41) is 8.91. The van der Waals surface area contributed by atoms with Gasteiger partial charge >= 0.3 is 5.97 Å². The fourth-order valence-corrected chi connectivity index (χ4v) is 0.909. The molecule has 0 aromatic rings. The second-order valence-electron chi connectivity index (χ2n) is 3.20. The summed E-state index contributed by atoms with van der Waals surface area (Å²) in [5.74, 6) is -0.333. The van der Waals surface area contributed by atoms with Crippen molar-refractivity contribution in [1.29, 1.82) is 0 Å². The fourth-order valence-electron chi connectivity index (χ4n) is 0.909. The van der Waals surface area contributed by atoms with Crippen molar-refractivity contribution in [3.63, 3.8) is 0 Å². The first-order valence-electron chi connectivity index (χ1n) is 5.41. The molecule has 0 aromatic carbocycles. The van der Waals surface area contributed by atoms with E-state index in [0.717, 1.165) is 6.42 Å². The van der Waals surface area contributed by atoms with E-state index in [0.29, 0.717) is 13.2 Å². The van der Waals surface area contributed by atoms with Crippen molar-refractivity contribution in [2.75, 3.05) is 19.8 Å². The van der Waals surface area contributed by atoms with Gasteiger partial charge in [0.2, 0.25) is 0 Å². The quantitative estimate of drug-likeness (QED) is 0.388. The lowest BCUT2D eigenvalue weighted by Crippen LogP contribution is -2.12. The van der Waals surface area contributed by atoms with Gasteiger partial charge in [0.15, 0.2) is 0 Å². The molecule has 0 saturated carbocycles. The number of hydrogen-bond donors (Lipinski definition) is 1. The van der Waals surface area contributed by atoms with E-state index in [1.807, 2.05) is 12.2 Å². The van der Waals surface area contributed by atoms with Crippen LogP contribution in [-0.2, 0) is 14.3 Å². The molecular weight excluding hydrogens is 208 g/mol. The fraction of sp³-hybridized carbons (Fsp3) is 0.583. The average molecular weight is 228 g/mol. The summed E-state index contributed by atoms with van der Waals surface area (Å²) in [6, 6.07) is 0. The average Bonchev–Trinajstić information content (AvgIpc) is 2.22. The summed E-state index contributed by atoms with van der Waals surface area (Å²) < 4.78 is 9.77. The molecule has 0 amide bonds. The highest BCUT2D eigenvalue weighted by Gasteiger charge is 1.99. The van der Waals surface area contributed by atoms with E-state index < -0.39 is 6.10 Å². The molecule has 0 bridgehead atoms. The van der Waals surface area contributed by atoms with Crippen molar-refractivity contribution < 1.29 is 19.4 Å². The van der Waals surface area contributed by atoms with Crippen LogP contribution in [0.3, 0.4) is 0 Å². The minimum atomic E-state index is -0.426. The Balaban J connectivity index is 3.36. The van der Waals surface area contributed by atoms with Crippen LogP contribution < -0.4 is 0 Å². The van der Waals surface area contributed by atoms with Crippen molar-refractivity contribution in [3.8, 4) is 0 Å². The summed E-state index contributed by atoms with van der Waals surface area (Å²) in [7, 11) is 0. The second-order valence-corrected chi connectivity index (χ2v) is 3.20. The molecule has 92 valence electrons. The highest BCUT2D eigenvalue weighted by Crippen LogP contribution is 1.89. The predicted molar refractivity (Wildman–Crippen MR) is 62.0 cm³/mol. The normalized spacial score (nSPS) is 13.4. The van der Waals surface area contributed by atoms with Crippen LogP contribution in [0.2, 0.25) is 0 Å². The number of aliphatic hydroxyl groups is 1. The smallest absolute Gasteiger partial charge is 0.332 e. The van der Waals surface area contributed by atoms with E-state index in [-0.39, 0.29) is 12.6 Å². The van der Waals surface area contributed by atoms with Gasteiger partial charge in [-0.2, -0.15) is 0 Å². The largest absolute Gasteiger partial charge is 0.464 e. The van der Waals surface area contributed by atoms with Crippen LogP contribution in [0.4, 0.5) is 0 Å². The first-order valence-corrected chi connectivity index (χ1v) is 5.41. The van der Waals surface area contributed by atoms with E-state index in [1.54, 1.807) is 26.0 Å². The highest BCUT2D eigenvalue weighted by atomic mass is 16.6. The Labute approximate surface area is 96.6 Å². The van der Waals surface area contributed by atoms with Gasteiger partial charge in [-0.1, -0.05) is 24.3 Å². The van der Waals surface area contributed by atoms with Crippen LogP contribution >= 0.6 is 0 Å². The monoisotopic (exact) mass is 228 g/mol. The van der Waals surface area contributed by atoms with Gasteiger partial charge < -0.3 is 14.6 Å². The van der Waals surface area contributed by atoms with E-state index >= 15 is 0 Å². The van der Waals surface area contributed by atoms with Gasteiger partial charge in [-0.25, -0.2) is 4.79 Å². The molecule has 0 aliphatic rings. The molecule has 1 atom stereocenters. The zero-order valence-electron chi connectivity index (χ0n) is 9.89.